The summed E-state index contributed by atoms with van der Waals surface area (Å²) < 4.78 is 21.1. The Labute approximate surface area is 147 Å². The monoisotopic (exact) mass is 364 g/mol. The second kappa shape index (κ2) is 7.00. The molecule has 1 aromatic carbocycles. The number of benzene rings is 1. The Morgan fingerprint density at radius 3 is 2.46 bits per heavy atom. The van der Waals surface area contributed by atoms with Crippen LogP contribution in [0.25, 0.3) is 11.0 Å². The highest BCUT2D eigenvalue weighted by molar-refractivity contribution is 6.06. The van der Waals surface area contributed by atoms with Crippen LogP contribution in [-0.4, -0.2) is 62.5 Å². The summed E-state index contributed by atoms with van der Waals surface area (Å²) in [6.45, 7) is 1.65. The van der Waals surface area contributed by atoms with Gasteiger partial charge in [0.25, 0.3) is 5.91 Å². The SMILES string of the molecule is COc1c(C=O)c([N+](=O)[O-])c(OC)c2oc(C(=O)N3CCOCC3)cc12. The Bertz CT molecular complexity index is 882. The molecule has 3 rings (SSSR count). The maximum absolute atomic E-state index is 12.6. The van der Waals surface area contributed by atoms with Gasteiger partial charge in [0.15, 0.2) is 17.6 Å². The molecule has 2 aromatic rings. The van der Waals surface area contributed by atoms with Crippen molar-refractivity contribution in [1.82, 2.24) is 4.90 Å². The second-order valence-electron chi connectivity index (χ2n) is 5.46. The van der Waals surface area contributed by atoms with Gasteiger partial charge in [-0.1, -0.05) is 0 Å². The fourth-order valence-corrected chi connectivity index (χ4v) is 2.94. The van der Waals surface area contributed by atoms with Crippen molar-refractivity contribution in [2.45, 2.75) is 0 Å². The molecule has 0 atom stereocenters. The molecule has 1 saturated heterocycles. The van der Waals surface area contributed by atoms with Crippen molar-refractivity contribution in [1.29, 1.82) is 0 Å². The highest BCUT2D eigenvalue weighted by atomic mass is 16.6. The van der Waals surface area contributed by atoms with E-state index in [4.69, 9.17) is 18.6 Å². The highest BCUT2D eigenvalue weighted by Gasteiger charge is 2.33. The summed E-state index contributed by atoms with van der Waals surface area (Å²) in [5, 5.41) is 11.7. The minimum absolute atomic E-state index is 0.0294. The maximum Gasteiger partial charge on any atom is 0.329 e. The fourth-order valence-electron chi connectivity index (χ4n) is 2.94. The summed E-state index contributed by atoms with van der Waals surface area (Å²) >= 11 is 0. The fraction of sp³-hybridized carbons (Fsp3) is 0.375. The van der Waals surface area contributed by atoms with E-state index in [9.17, 15) is 19.7 Å². The van der Waals surface area contributed by atoms with Crippen LogP contribution in [0.1, 0.15) is 20.9 Å². The molecule has 10 heteroatoms. The molecule has 1 aromatic heterocycles. The Morgan fingerprint density at radius 2 is 1.92 bits per heavy atom. The first-order valence-electron chi connectivity index (χ1n) is 7.71. The number of nitro benzene ring substituents is 1. The van der Waals surface area contributed by atoms with Crippen molar-refractivity contribution in [3.05, 3.63) is 27.5 Å². The largest absolute Gasteiger partial charge is 0.495 e. The number of fused-ring (bicyclic) bond motifs is 1. The molecule has 2 heterocycles. The van der Waals surface area contributed by atoms with E-state index < -0.39 is 10.6 Å². The lowest BCUT2D eigenvalue weighted by atomic mass is 10.1. The number of furan rings is 1. The van der Waals surface area contributed by atoms with E-state index in [2.05, 4.69) is 0 Å². The number of nitro groups is 1. The van der Waals surface area contributed by atoms with E-state index in [1.54, 1.807) is 4.90 Å². The number of morpholine rings is 1. The normalized spacial score (nSPS) is 14.3. The number of ether oxygens (including phenoxy) is 3. The molecular formula is C16H16N2O8. The first-order valence-corrected chi connectivity index (χ1v) is 7.71. The smallest absolute Gasteiger partial charge is 0.329 e. The minimum atomic E-state index is -0.753. The molecule has 0 spiro atoms. The summed E-state index contributed by atoms with van der Waals surface area (Å²) in [5.74, 6) is -0.707. The lowest BCUT2D eigenvalue weighted by Crippen LogP contribution is -2.40. The van der Waals surface area contributed by atoms with Crippen molar-refractivity contribution in [3.63, 3.8) is 0 Å². The van der Waals surface area contributed by atoms with Crippen LogP contribution in [0.2, 0.25) is 0 Å². The lowest BCUT2D eigenvalue weighted by Gasteiger charge is -2.25. The third kappa shape index (κ3) is 2.73. The van der Waals surface area contributed by atoms with E-state index in [-0.39, 0.29) is 39.7 Å². The van der Waals surface area contributed by atoms with E-state index in [1.807, 2.05) is 0 Å². The second-order valence-corrected chi connectivity index (χ2v) is 5.46. The Balaban J connectivity index is 2.23. The number of hydrogen-bond donors (Lipinski definition) is 0. The Kier molecular flexibility index (Phi) is 4.76. The van der Waals surface area contributed by atoms with Crippen molar-refractivity contribution < 1.29 is 33.1 Å². The molecule has 10 nitrogen and oxygen atoms in total. The van der Waals surface area contributed by atoms with Gasteiger partial charge in [-0.3, -0.25) is 19.7 Å². The molecule has 0 bridgehead atoms. The zero-order valence-electron chi connectivity index (χ0n) is 14.1. The van der Waals surface area contributed by atoms with Gasteiger partial charge in [-0.15, -0.1) is 0 Å². The topological polar surface area (TPSA) is 121 Å². The Hall–Kier alpha value is -3.14. The number of amides is 1. The van der Waals surface area contributed by atoms with Gasteiger partial charge in [-0.2, -0.15) is 0 Å². The van der Waals surface area contributed by atoms with Crippen LogP contribution < -0.4 is 9.47 Å². The van der Waals surface area contributed by atoms with Crippen molar-refractivity contribution in [2.75, 3.05) is 40.5 Å². The number of hydrogen-bond acceptors (Lipinski definition) is 8. The molecule has 1 aliphatic heterocycles. The predicted octanol–water partition coefficient (Wildman–Crippen LogP) is 1.64. The highest BCUT2D eigenvalue weighted by Crippen LogP contribution is 2.46. The molecule has 1 aliphatic rings. The summed E-state index contributed by atoms with van der Waals surface area (Å²) in [4.78, 5) is 36.3. The van der Waals surface area contributed by atoms with E-state index >= 15 is 0 Å². The molecule has 1 amide bonds. The van der Waals surface area contributed by atoms with Crippen LogP contribution in [-0.2, 0) is 4.74 Å². The third-order valence-corrected chi connectivity index (χ3v) is 4.12. The molecule has 0 unspecified atom stereocenters. The zero-order chi connectivity index (χ0) is 18.8. The van der Waals surface area contributed by atoms with Crippen LogP contribution in [0.3, 0.4) is 0 Å². The molecule has 0 aliphatic carbocycles. The van der Waals surface area contributed by atoms with Crippen molar-refractivity contribution >= 4 is 28.8 Å². The first kappa shape index (κ1) is 17.7. The van der Waals surface area contributed by atoms with Crippen LogP contribution in [0, 0.1) is 10.1 Å². The number of carbonyl (C=O) groups excluding carboxylic acids is 2. The average molecular weight is 364 g/mol. The summed E-state index contributed by atoms with van der Waals surface area (Å²) in [6, 6.07) is 1.39. The Morgan fingerprint density at radius 1 is 1.27 bits per heavy atom. The number of nitrogens with zero attached hydrogens (tertiary/aromatic N) is 2. The van der Waals surface area contributed by atoms with Gasteiger partial charge < -0.3 is 23.5 Å². The minimum Gasteiger partial charge on any atom is -0.495 e. The molecule has 1 fully saturated rings. The van der Waals surface area contributed by atoms with Crippen molar-refractivity contribution in [2.24, 2.45) is 0 Å². The van der Waals surface area contributed by atoms with Gasteiger partial charge in [0.05, 0.1) is 37.7 Å². The summed E-state index contributed by atoms with van der Waals surface area (Å²) in [5.41, 5.74) is -0.891. The van der Waals surface area contributed by atoms with E-state index in [1.165, 1.54) is 20.3 Å². The third-order valence-electron chi connectivity index (χ3n) is 4.12. The lowest BCUT2D eigenvalue weighted by molar-refractivity contribution is -0.385. The van der Waals surface area contributed by atoms with E-state index in [0.717, 1.165) is 0 Å². The van der Waals surface area contributed by atoms with Gasteiger partial charge in [0, 0.05) is 19.2 Å². The van der Waals surface area contributed by atoms with Gasteiger partial charge in [0.1, 0.15) is 11.3 Å². The summed E-state index contributed by atoms with van der Waals surface area (Å²) in [6.07, 6.45) is 0.315. The molecule has 0 radical (unpaired) electrons. The quantitative estimate of drug-likeness (QED) is 0.446. The molecule has 138 valence electrons. The number of carbonyl (C=O) groups is 2. The average Bonchev–Trinajstić information content (AvgIpc) is 3.10. The van der Waals surface area contributed by atoms with Crippen molar-refractivity contribution in [3.8, 4) is 11.5 Å². The predicted molar refractivity (Wildman–Crippen MR) is 88.1 cm³/mol. The van der Waals surface area contributed by atoms with Crippen LogP contribution >= 0.6 is 0 Å². The van der Waals surface area contributed by atoms with Gasteiger partial charge >= 0.3 is 5.69 Å². The number of aldehydes is 1. The van der Waals surface area contributed by atoms with Gasteiger partial charge in [-0.05, 0) is 0 Å². The van der Waals surface area contributed by atoms with Gasteiger partial charge in [0.2, 0.25) is 5.75 Å². The number of methoxy groups -OCH3 is 2. The molecular weight excluding hydrogens is 348 g/mol. The first-order chi connectivity index (χ1) is 12.5. The standard InChI is InChI=1S/C16H16N2O8/c1-23-13-9-7-11(16(20)17-3-5-25-6-4-17)26-14(9)15(24-2)12(18(21)22)10(13)8-19/h7-8H,3-6H2,1-2H3. The van der Waals surface area contributed by atoms with E-state index in [0.29, 0.717) is 32.6 Å². The summed E-state index contributed by atoms with van der Waals surface area (Å²) in [7, 11) is 2.49. The van der Waals surface area contributed by atoms with Crippen LogP contribution in [0.5, 0.6) is 11.5 Å². The van der Waals surface area contributed by atoms with Gasteiger partial charge in [-0.25, -0.2) is 0 Å². The maximum atomic E-state index is 12.6. The molecule has 0 saturated carbocycles. The van der Waals surface area contributed by atoms with Crippen LogP contribution in [0.4, 0.5) is 5.69 Å². The molecule has 0 N–H and O–H groups in total. The number of rotatable bonds is 5. The van der Waals surface area contributed by atoms with Crippen LogP contribution in [0.15, 0.2) is 10.5 Å². The molecule has 26 heavy (non-hydrogen) atoms. The zero-order valence-corrected chi connectivity index (χ0v) is 14.1.